The molecule has 19 heavy (non-hydrogen) atoms. The van der Waals surface area contributed by atoms with Crippen LogP contribution in [-0.2, 0) is 9.84 Å². The summed E-state index contributed by atoms with van der Waals surface area (Å²) in [5, 5.41) is 3.32. The van der Waals surface area contributed by atoms with E-state index in [2.05, 4.69) is 21.2 Å². The quantitative estimate of drug-likeness (QED) is 0.874. The highest BCUT2D eigenvalue weighted by atomic mass is 79.9. The highest BCUT2D eigenvalue weighted by Crippen LogP contribution is 2.25. The molecule has 4 nitrogen and oxygen atoms in total. The fraction of sp³-hybridized carbons (Fsp3) is 0.417. The van der Waals surface area contributed by atoms with E-state index in [1.165, 1.54) is 0 Å². The van der Waals surface area contributed by atoms with Crippen LogP contribution in [0.3, 0.4) is 0 Å². The minimum Gasteiger partial charge on any atom is -0.346 e. The Hall–Kier alpha value is -0.590. The Bertz CT molecular complexity index is 632. The van der Waals surface area contributed by atoms with Crippen LogP contribution in [0.4, 0.5) is 0 Å². The monoisotopic (exact) mass is 365 g/mol. The molecule has 1 saturated heterocycles. The smallest absolute Gasteiger partial charge is 0.252 e. The van der Waals surface area contributed by atoms with Crippen LogP contribution in [0.5, 0.6) is 0 Å². The van der Waals surface area contributed by atoms with Crippen LogP contribution < -0.4 is 5.32 Å². The van der Waals surface area contributed by atoms with Crippen molar-refractivity contribution >= 4 is 43.3 Å². The third-order valence-corrected chi connectivity index (χ3v) is 5.89. The van der Waals surface area contributed by atoms with Gasteiger partial charge in [-0.05, 0) is 47.5 Å². The molecule has 1 aliphatic rings. The fourth-order valence-corrected chi connectivity index (χ4v) is 5.08. The molecule has 1 fully saturated rings. The van der Waals surface area contributed by atoms with E-state index in [4.69, 9.17) is 11.6 Å². The van der Waals surface area contributed by atoms with Crippen molar-refractivity contribution in [3.63, 3.8) is 0 Å². The van der Waals surface area contributed by atoms with Gasteiger partial charge < -0.3 is 5.32 Å². The minimum absolute atomic E-state index is 0.0169. The highest BCUT2D eigenvalue weighted by molar-refractivity contribution is 9.10. The lowest BCUT2D eigenvalue weighted by atomic mass is 10.0. The van der Waals surface area contributed by atoms with Gasteiger partial charge in [0, 0.05) is 9.50 Å². The van der Waals surface area contributed by atoms with E-state index in [0.717, 1.165) is 0 Å². The number of benzene rings is 1. The number of carbonyl (C=O) groups is 1. The molecule has 1 atom stereocenters. The minimum atomic E-state index is -3.05. The summed E-state index contributed by atoms with van der Waals surface area (Å²) in [7, 11) is -3.05. The van der Waals surface area contributed by atoms with E-state index in [9.17, 15) is 13.2 Å². The van der Waals surface area contributed by atoms with E-state index in [-0.39, 0.29) is 17.4 Å². The molecule has 0 saturated carbocycles. The summed E-state index contributed by atoms with van der Waals surface area (Å²) in [4.78, 5) is 12.2. The maximum Gasteiger partial charge on any atom is 0.252 e. The van der Waals surface area contributed by atoms with Gasteiger partial charge >= 0.3 is 0 Å². The van der Waals surface area contributed by atoms with Gasteiger partial charge in [0.15, 0.2) is 9.84 Å². The van der Waals surface area contributed by atoms with E-state index >= 15 is 0 Å². The van der Waals surface area contributed by atoms with Gasteiger partial charge in [-0.3, -0.25) is 4.79 Å². The molecule has 0 bridgehead atoms. The first kappa shape index (κ1) is 14.8. The van der Waals surface area contributed by atoms with Crippen molar-refractivity contribution < 1.29 is 13.2 Å². The molecule has 1 N–H and O–H groups in total. The van der Waals surface area contributed by atoms with Crippen LogP contribution in [-0.4, -0.2) is 31.4 Å². The molecule has 1 unspecified atom stereocenters. The number of amides is 1. The molecule has 1 amide bonds. The topological polar surface area (TPSA) is 63.2 Å². The van der Waals surface area contributed by atoms with E-state index < -0.39 is 15.4 Å². The molecule has 1 aromatic rings. The summed E-state index contributed by atoms with van der Waals surface area (Å²) >= 11 is 9.09. The first-order valence-corrected chi connectivity index (χ1v) is 8.68. The molecular weight excluding hydrogens is 354 g/mol. The van der Waals surface area contributed by atoms with E-state index in [1.54, 1.807) is 25.1 Å². The Balaban J connectivity index is 2.18. The average Bonchev–Trinajstić information content (AvgIpc) is 2.52. The van der Waals surface area contributed by atoms with E-state index in [1.807, 2.05) is 0 Å². The Morgan fingerprint density at radius 2 is 2.16 bits per heavy atom. The van der Waals surface area contributed by atoms with Gasteiger partial charge in [-0.25, -0.2) is 8.42 Å². The molecule has 2 rings (SSSR count). The first-order chi connectivity index (χ1) is 8.71. The van der Waals surface area contributed by atoms with Crippen molar-refractivity contribution in [1.82, 2.24) is 5.32 Å². The third-order valence-electron chi connectivity index (χ3n) is 3.09. The second-order valence-electron chi connectivity index (χ2n) is 4.98. The van der Waals surface area contributed by atoms with Gasteiger partial charge in [0.05, 0.1) is 22.6 Å². The summed E-state index contributed by atoms with van der Waals surface area (Å²) in [6.45, 7) is 1.75. The van der Waals surface area contributed by atoms with Crippen molar-refractivity contribution in [2.45, 2.75) is 18.9 Å². The SMILES string of the molecule is CC1(NC(=O)c2ccc(Cl)cc2Br)CCS(=O)(=O)C1. The molecule has 0 aliphatic carbocycles. The summed E-state index contributed by atoms with van der Waals surface area (Å²) < 4.78 is 23.6. The number of halogens is 2. The molecular formula is C12H13BrClNO3S. The summed E-state index contributed by atoms with van der Waals surface area (Å²) in [6.07, 6.45) is 0.437. The predicted molar refractivity (Wildman–Crippen MR) is 78.3 cm³/mol. The third kappa shape index (κ3) is 3.49. The maximum atomic E-state index is 12.2. The van der Waals surface area contributed by atoms with Crippen molar-refractivity contribution in [2.24, 2.45) is 0 Å². The van der Waals surface area contributed by atoms with Crippen molar-refractivity contribution in [3.05, 3.63) is 33.3 Å². The van der Waals surface area contributed by atoms with Crippen LogP contribution in [0.1, 0.15) is 23.7 Å². The first-order valence-electron chi connectivity index (χ1n) is 5.69. The normalized spacial score (nSPS) is 25.2. The summed E-state index contributed by atoms with van der Waals surface area (Å²) in [5.41, 5.74) is -0.260. The second-order valence-corrected chi connectivity index (χ2v) is 8.46. The zero-order chi connectivity index (χ0) is 14.3. The Morgan fingerprint density at radius 3 is 2.68 bits per heavy atom. The van der Waals surface area contributed by atoms with Crippen LogP contribution in [0.2, 0.25) is 5.02 Å². The van der Waals surface area contributed by atoms with E-state index in [0.29, 0.717) is 21.5 Å². The number of carbonyl (C=O) groups excluding carboxylic acids is 1. The molecule has 1 aromatic carbocycles. The summed E-state index contributed by atoms with van der Waals surface area (Å²) in [6, 6.07) is 4.85. The zero-order valence-corrected chi connectivity index (χ0v) is 13.4. The molecule has 0 radical (unpaired) electrons. The lowest BCUT2D eigenvalue weighted by Crippen LogP contribution is -2.47. The second kappa shape index (κ2) is 5.07. The van der Waals surface area contributed by atoms with Gasteiger partial charge in [0.1, 0.15) is 0 Å². The standard InChI is InChI=1S/C12H13BrClNO3S/c1-12(4-5-19(17,18)7-12)15-11(16)9-3-2-8(14)6-10(9)13/h2-3,6H,4-5,7H2,1H3,(H,15,16). The zero-order valence-electron chi connectivity index (χ0n) is 10.2. The number of hydrogen-bond donors (Lipinski definition) is 1. The Labute approximate surface area is 125 Å². The van der Waals surface area contributed by atoms with Crippen molar-refractivity contribution in [3.8, 4) is 0 Å². The lowest BCUT2D eigenvalue weighted by molar-refractivity contribution is 0.0914. The molecule has 1 aliphatic heterocycles. The van der Waals surface area contributed by atoms with Crippen molar-refractivity contribution in [2.75, 3.05) is 11.5 Å². The van der Waals surface area contributed by atoms with Crippen LogP contribution in [0.15, 0.2) is 22.7 Å². The van der Waals surface area contributed by atoms with Gasteiger partial charge in [-0.15, -0.1) is 0 Å². The molecule has 104 valence electrons. The largest absolute Gasteiger partial charge is 0.346 e. The van der Waals surface area contributed by atoms with Gasteiger partial charge in [-0.2, -0.15) is 0 Å². The van der Waals surface area contributed by atoms with Crippen LogP contribution in [0, 0.1) is 0 Å². The molecule has 0 spiro atoms. The van der Waals surface area contributed by atoms with Crippen LogP contribution >= 0.6 is 27.5 Å². The number of hydrogen-bond acceptors (Lipinski definition) is 3. The Morgan fingerprint density at radius 1 is 1.47 bits per heavy atom. The summed E-state index contributed by atoms with van der Waals surface area (Å²) in [5.74, 6) is -0.203. The number of sulfone groups is 1. The molecule has 7 heteroatoms. The molecule has 1 heterocycles. The number of rotatable bonds is 2. The molecule has 0 aromatic heterocycles. The lowest BCUT2D eigenvalue weighted by Gasteiger charge is -2.24. The Kier molecular flexibility index (Phi) is 3.95. The number of nitrogens with one attached hydrogen (secondary N) is 1. The average molecular weight is 367 g/mol. The predicted octanol–water partition coefficient (Wildman–Crippen LogP) is 2.41. The maximum absolute atomic E-state index is 12.2. The van der Waals surface area contributed by atoms with Crippen molar-refractivity contribution in [1.29, 1.82) is 0 Å². The fourth-order valence-electron chi connectivity index (χ4n) is 2.12. The van der Waals surface area contributed by atoms with Gasteiger partial charge in [0.25, 0.3) is 5.91 Å². The van der Waals surface area contributed by atoms with Gasteiger partial charge in [0.2, 0.25) is 0 Å². The van der Waals surface area contributed by atoms with Gasteiger partial charge in [-0.1, -0.05) is 11.6 Å². The van der Waals surface area contributed by atoms with Crippen LogP contribution in [0.25, 0.3) is 0 Å². The highest BCUT2D eigenvalue weighted by Gasteiger charge is 2.39.